The number of anilines is 1. The molecule has 0 atom stereocenters. The summed E-state index contributed by atoms with van der Waals surface area (Å²) in [5, 5.41) is 13.8. The van der Waals surface area contributed by atoms with E-state index < -0.39 is 17.4 Å². The molecule has 2 aromatic carbocycles. The molecular formula is C26H28F2N2O2. The number of hydrogen-bond donors (Lipinski definition) is 2. The Hall–Kier alpha value is -3.02. The minimum atomic E-state index is -1.02. The number of fused-ring (bicyclic) bond motifs is 1. The second kappa shape index (κ2) is 8.85. The summed E-state index contributed by atoms with van der Waals surface area (Å²) < 4.78 is 27.9. The largest absolute Gasteiger partial charge is 0.503 e. The van der Waals surface area contributed by atoms with Gasteiger partial charge in [-0.2, -0.15) is 0 Å². The van der Waals surface area contributed by atoms with Gasteiger partial charge in [-0.3, -0.25) is 9.78 Å². The predicted octanol–water partition coefficient (Wildman–Crippen LogP) is 6.71. The number of nitrogens with zero attached hydrogens (tertiary/aromatic N) is 1. The SMILES string of the molecule is CC(C)C(=O)c1cnc2ccc(-c3cc(F)c(O)c(F)c3)cc2c1N[C@H]1CC[C@H](C)CC1. The van der Waals surface area contributed by atoms with Crippen molar-refractivity contribution in [3.63, 3.8) is 0 Å². The van der Waals surface area contributed by atoms with Gasteiger partial charge in [-0.1, -0.05) is 26.8 Å². The highest BCUT2D eigenvalue weighted by Gasteiger charge is 2.23. The van der Waals surface area contributed by atoms with Crippen molar-refractivity contribution < 1.29 is 18.7 Å². The third kappa shape index (κ3) is 4.31. The summed E-state index contributed by atoms with van der Waals surface area (Å²) in [4.78, 5) is 17.5. The normalized spacial score (nSPS) is 18.8. The van der Waals surface area contributed by atoms with E-state index >= 15 is 0 Å². The number of phenolic OH excluding ortho intramolecular Hbond substituents is 1. The highest BCUT2D eigenvalue weighted by atomic mass is 19.1. The number of benzene rings is 2. The minimum absolute atomic E-state index is 0.00166. The summed E-state index contributed by atoms with van der Waals surface area (Å²) in [6.07, 6.45) is 5.93. The molecule has 0 unspecified atom stereocenters. The molecule has 168 valence electrons. The zero-order chi connectivity index (χ0) is 23.0. The number of pyridine rings is 1. The van der Waals surface area contributed by atoms with E-state index in [1.165, 1.54) is 0 Å². The Bertz CT molecular complexity index is 1140. The van der Waals surface area contributed by atoms with Gasteiger partial charge in [0.25, 0.3) is 0 Å². The molecule has 1 saturated carbocycles. The van der Waals surface area contributed by atoms with Gasteiger partial charge in [0.05, 0.1) is 16.8 Å². The van der Waals surface area contributed by atoms with Crippen LogP contribution in [0.3, 0.4) is 0 Å². The van der Waals surface area contributed by atoms with Crippen molar-refractivity contribution in [2.75, 3.05) is 5.32 Å². The molecule has 3 aromatic rings. The zero-order valence-electron chi connectivity index (χ0n) is 18.6. The maximum atomic E-state index is 14.0. The summed E-state index contributed by atoms with van der Waals surface area (Å²) in [5.74, 6) is -2.52. The molecule has 4 nitrogen and oxygen atoms in total. The third-order valence-electron chi connectivity index (χ3n) is 6.37. The van der Waals surface area contributed by atoms with E-state index in [9.17, 15) is 18.7 Å². The van der Waals surface area contributed by atoms with Gasteiger partial charge < -0.3 is 10.4 Å². The molecule has 1 aliphatic rings. The van der Waals surface area contributed by atoms with E-state index in [1.807, 2.05) is 13.8 Å². The van der Waals surface area contributed by atoms with Gasteiger partial charge in [-0.05, 0) is 67.0 Å². The van der Waals surface area contributed by atoms with Gasteiger partial charge in [-0.15, -0.1) is 0 Å². The number of nitrogens with one attached hydrogen (secondary N) is 1. The maximum Gasteiger partial charge on any atom is 0.187 e. The Morgan fingerprint density at radius 1 is 1.06 bits per heavy atom. The topological polar surface area (TPSA) is 62.2 Å². The lowest BCUT2D eigenvalue weighted by molar-refractivity contribution is 0.0940. The molecule has 1 aliphatic carbocycles. The second-order valence-electron chi connectivity index (χ2n) is 9.19. The van der Waals surface area contributed by atoms with Crippen LogP contribution in [0, 0.1) is 23.5 Å². The molecule has 0 saturated heterocycles. The van der Waals surface area contributed by atoms with E-state index in [4.69, 9.17) is 0 Å². The van der Waals surface area contributed by atoms with E-state index in [2.05, 4.69) is 17.2 Å². The van der Waals surface area contributed by atoms with Gasteiger partial charge in [0.15, 0.2) is 23.2 Å². The van der Waals surface area contributed by atoms with Crippen LogP contribution in [-0.4, -0.2) is 21.9 Å². The standard InChI is InChI=1S/C26H28F2N2O2/c1-14(2)25(31)20-13-29-23-9-6-16(17-11-21(27)26(32)22(28)12-17)10-19(23)24(20)30-18-7-4-15(3)5-8-18/h6,9-15,18,32H,4-5,7-8H2,1-3H3,(H,29,30)/t15-,18-. The Morgan fingerprint density at radius 2 is 1.72 bits per heavy atom. The Labute approximate surface area is 186 Å². The number of hydrogen-bond acceptors (Lipinski definition) is 4. The van der Waals surface area contributed by atoms with Crippen LogP contribution >= 0.6 is 0 Å². The molecule has 0 amide bonds. The molecule has 1 heterocycles. The summed E-state index contributed by atoms with van der Waals surface area (Å²) in [5.41, 5.74) is 2.84. The Balaban J connectivity index is 1.85. The fourth-order valence-electron chi connectivity index (χ4n) is 4.37. The number of rotatable bonds is 5. The first kappa shape index (κ1) is 22.2. The summed E-state index contributed by atoms with van der Waals surface area (Å²) in [7, 11) is 0. The number of ketones is 1. The lowest BCUT2D eigenvalue weighted by atomic mass is 9.87. The number of Topliss-reactive ketones (excluding diaryl/α,β-unsaturated/α-hetero) is 1. The van der Waals surface area contributed by atoms with Gasteiger partial charge in [-0.25, -0.2) is 8.78 Å². The number of carbonyl (C=O) groups is 1. The van der Waals surface area contributed by atoms with Crippen molar-refractivity contribution in [3.05, 3.63) is 53.7 Å². The van der Waals surface area contributed by atoms with E-state index in [0.717, 1.165) is 48.9 Å². The Morgan fingerprint density at radius 3 is 2.34 bits per heavy atom. The van der Waals surface area contributed by atoms with E-state index in [-0.39, 0.29) is 17.7 Å². The molecule has 0 aliphatic heterocycles. The van der Waals surface area contributed by atoms with Crippen LogP contribution in [0.15, 0.2) is 36.5 Å². The molecule has 4 rings (SSSR count). The zero-order valence-corrected chi connectivity index (χ0v) is 18.6. The number of aromatic hydroxyl groups is 1. The highest BCUT2D eigenvalue weighted by molar-refractivity contribution is 6.09. The average molecular weight is 439 g/mol. The number of carbonyl (C=O) groups excluding carboxylic acids is 1. The summed E-state index contributed by atoms with van der Waals surface area (Å²) in [6.45, 7) is 5.97. The van der Waals surface area contributed by atoms with Crippen molar-refractivity contribution in [2.45, 2.75) is 52.5 Å². The van der Waals surface area contributed by atoms with Gasteiger partial charge in [0.1, 0.15) is 0 Å². The third-order valence-corrected chi connectivity index (χ3v) is 6.37. The fraction of sp³-hybridized carbons (Fsp3) is 0.385. The molecular weight excluding hydrogens is 410 g/mol. The number of aromatic nitrogens is 1. The molecule has 1 aromatic heterocycles. The van der Waals surface area contributed by atoms with E-state index in [0.29, 0.717) is 28.1 Å². The monoisotopic (exact) mass is 438 g/mol. The minimum Gasteiger partial charge on any atom is -0.503 e. The smallest absolute Gasteiger partial charge is 0.187 e. The predicted molar refractivity (Wildman–Crippen MR) is 123 cm³/mol. The van der Waals surface area contributed by atoms with Crippen molar-refractivity contribution in [1.29, 1.82) is 0 Å². The van der Waals surface area contributed by atoms with Gasteiger partial charge in [0.2, 0.25) is 0 Å². The summed E-state index contributed by atoms with van der Waals surface area (Å²) >= 11 is 0. The number of phenols is 1. The van der Waals surface area contributed by atoms with Crippen LogP contribution in [-0.2, 0) is 0 Å². The molecule has 2 N–H and O–H groups in total. The fourth-order valence-corrected chi connectivity index (χ4v) is 4.37. The second-order valence-corrected chi connectivity index (χ2v) is 9.19. The molecule has 0 radical (unpaired) electrons. The van der Waals surface area contributed by atoms with Crippen molar-refractivity contribution in [3.8, 4) is 16.9 Å². The quantitative estimate of drug-likeness (QED) is 0.434. The molecule has 0 bridgehead atoms. The molecule has 1 fully saturated rings. The highest BCUT2D eigenvalue weighted by Crippen LogP contribution is 2.35. The maximum absolute atomic E-state index is 14.0. The van der Waals surface area contributed by atoms with Crippen LogP contribution in [0.25, 0.3) is 22.0 Å². The van der Waals surface area contributed by atoms with Crippen LogP contribution in [0.2, 0.25) is 0 Å². The van der Waals surface area contributed by atoms with Crippen molar-refractivity contribution >= 4 is 22.4 Å². The van der Waals surface area contributed by atoms with Crippen LogP contribution in [0.1, 0.15) is 56.8 Å². The average Bonchev–Trinajstić information content (AvgIpc) is 2.78. The lowest BCUT2D eigenvalue weighted by Crippen LogP contribution is -2.26. The summed E-state index contributed by atoms with van der Waals surface area (Å²) in [6, 6.07) is 7.78. The first-order valence-corrected chi connectivity index (χ1v) is 11.2. The molecule has 6 heteroatoms. The van der Waals surface area contributed by atoms with Gasteiger partial charge >= 0.3 is 0 Å². The molecule has 0 spiro atoms. The van der Waals surface area contributed by atoms with Gasteiger partial charge in [0, 0.05) is 23.5 Å². The number of halogens is 2. The van der Waals surface area contributed by atoms with Crippen LogP contribution in [0.4, 0.5) is 14.5 Å². The van der Waals surface area contributed by atoms with E-state index in [1.54, 1.807) is 24.4 Å². The molecule has 32 heavy (non-hydrogen) atoms. The van der Waals surface area contributed by atoms with Crippen molar-refractivity contribution in [2.24, 2.45) is 11.8 Å². The first-order chi connectivity index (χ1) is 15.2. The lowest BCUT2D eigenvalue weighted by Gasteiger charge is -2.29. The van der Waals surface area contributed by atoms with Crippen LogP contribution < -0.4 is 5.32 Å². The first-order valence-electron chi connectivity index (χ1n) is 11.2. The van der Waals surface area contributed by atoms with Crippen molar-refractivity contribution in [1.82, 2.24) is 4.98 Å². The Kier molecular flexibility index (Phi) is 6.13. The van der Waals surface area contributed by atoms with Crippen LogP contribution in [0.5, 0.6) is 5.75 Å².